The smallest absolute Gasteiger partial charge is 0.219 e. The summed E-state index contributed by atoms with van der Waals surface area (Å²) in [6.07, 6.45) is 11.5. The SMILES string of the molecule is CC(=O)NCCCCCC(=O)NCCCC1CCCC1. The molecular formula is C16H30N2O2. The van der Waals surface area contributed by atoms with Crippen LogP contribution >= 0.6 is 0 Å². The summed E-state index contributed by atoms with van der Waals surface area (Å²) in [7, 11) is 0. The van der Waals surface area contributed by atoms with E-state index in [4.69, 9.17) is 0 Å². The molecule has 0 aromatic heterocycles. The Labute approximate surface area is 123 Å². The first kappa shape index (κ1) is 17.0. The maximum Gasteiger partial charge on any atom is 0.219 e. The zero-order chi connectivity index (χ0) is 14.6. The van der Waals surface area contributed by atoms with Gasteiger partial charge in [-0.3, -0.25) is 9.59 Å². The third-order valence-electron chi connectivity index (χ3n) is 4.04. The summed E-state index contributed by atoms with van der Waals surface area (Å²) in [5, 5.41) is 5.77. The van der Waals surface area contributed by atoms with Gasteiger partial charge in [0.05, 0.1) is 0 Å². The van der Waals surface area contributed by atoms with Crippen LogP contribution in [0.1, 0.15) is 71.1 Å². The van der Waals surface area contributed by atoms with Crippen LogP contribution in [0.3, 0.4) is 0 Å². The molecule has 1 fully saturated rings. The van der Waals surface area contributed by atoms with E-state index >= 15 is 0 Å². The lowest BCUT2D eigenvalue weighted by Crippen LogP contribution is -2.24. The summed E-state index contributed by atoms with van der Waals surface area (Å²) in [4.78, 5) is 22.3. The van der Waals surface area contributed by atoms with Gasteiger partial charge in [-0.1, -0.05) is 32.1 Å². The maximum atomic E-state index is 11.6. The molecule has 0 spiro atoms. The Hall–Kier alpha value is -1.06. The minimum Gasteiger partial charge on any atom is -0.356 e. The second kappa shape index (κ2) is 10.7. The van der Waals surface area contributed by atoms with Gasteiger partial charge in [0.25, 0.3) is 0 Å². The summed E-state index contributed by atoms with van der Waals surface area (Å²) in [6, 6.07) is 0. The van der Waals surface area contributed by atoms with E-state index in [1.807, 2.05) is 0 Å². The van der Waals surface area contributed by atoms with Crippen molar-refractivity contribution in [2.45, 2.75) is 71.1 Å². The second-order valence-electron chi connectivity index (χ2n) is 5.94. The Bertz CT molecular complexity index is 286. The summed E-state index contributed by atoms with van der Waals surface area (Å²) >= 11 is 0. The van der Waals surface area contributed by atoms with E-state index in [0.717, 1.165) is 44.7 Å². The summed E-state index contributed by atoms with van der Waals surface area (Å²) in [6.45, 7) is 3.08. The van der Waals surface area contributed by atoms with Crippen molar-refractivity contribution in [3.63, 3.8) is 0 Å². The van der Waals surface area contributed by atoms with E-state index in [2.05, 4.69) is 10.6 Å². The molecule has 1 rings (SSSR count). The Kier molecular flexibility index (Phi) is 9.09. The monoisotopic (exact) mass is 282 g/mol. The molecule has 116 valence electrons. The van der Waals surface area contributed by atoms with Crippen molar-refractivity contribution >= 4 is 11.8 Å². The fourth-order valence-corrected chi connectivity index (χ4v) is 2.86. The molecule has 0 saturated heterocycles. The molecule has 2 N–H and O–H groups in total. The molecule has 0 unspecified atom stereocenters. The van der Waals surface area contributed by atoms with Gasteiger partial charge in [0, 0.05) is 26.4 Å². The van der Waals surface area contributed by atoms with Crippen molar-refractivity contribution in [2.75, 3.05) is 13.1 Å². The molecule has 0 aromatic carbocycles. The number of rotatable bonds is 10. The highest BCUT2D eigenvalue weighted by Crippen LogP contribution is 2.28. The van der Waals surface area contributed by atoms with Crippen molar-refractivity contribution < 1.29 is 9.59 Å². The van der Waals surface area contributed by atoms with Crippen LogP contribution in [0, 0.1) is 5.92 Å². The molecule has 0 atom stereocenters. The van der Waals surface area contributed by atoms with Crippen molar-refractivity contribution in [3.8, 4) is 0 Å². The standard InChI is InChI=1S/C16H30N2O2/c1-14(19)17-12-6-2-3-11-16(20)18-13-7-10-15-8-4-5-9-15/h15H,2-13H2,1H3,(H,17,19)(H,18,20). The number of hydrogen-bond donors (Lipinski definition) is 2. The second-order valence-corrected chi connectivity index (χ2v) is 5.94. The lowest BCUT2D eigenvalue weighted by Gasteiger charge is -2.09. The molecule has 4 nitrogen and oxygen atoms in total. The van der Waals surface area contributed by atoms with Crippen LogP contribution in [0.15, 0.2) is 0 Å². The highest BCUT2D eigenvalue weighted by molar-refractivity contribution is 5.75. The Morgan fingerprint density at radius 3 is 2.35 bits per heavy atom. The lowest BCUT2D eigenvalue weighted by molar-refractivity contribution is -0.121. The van der Waals surface area contributed by atoms with Crippen LogP contribution in [-0.4, -0.2) is 24.9 Å². The van der Waals surface area contributed by atoms with Crippen LogP contribution in [0.5, 0.6) is 0 Å². The Balaban J connectivity index is 1.83. The fourth-order valence-electron chi connectivity index (χ4n) is 2.86. The number of nitrogens with one attached hydrogen (secondary N) is 2. The molecule has 1 aliphatic rings. The molecule has 1 aliphatic carbocycles. The molecule has 0 aliphatic heterocycles. The number of carbonyl (C=O) groups excluding carboxylic acids is 2. The molecule has 2 amide bonds. The largest absolute Gasteiger partial charge is 0.356 e. The number of hydrogen-bond acceptors (Lipinski definition) is 2. The summed E-state index contributed by atoms with van der Waals surface area (Å²) in [5.74, 6) is 1.11. The normalized spacial score (nSPS) is 15.2. The molecule has 4 heteroatoms. The van der Waals surface area contributed by atoms with Crippen molar-refractivity contribution in [1.29, 1.82) is 0 Å². The van der Waals surface area contributed by atoms with Gasteiger partial charge in [0.2, 0.25) is 11.8 Å². The first-order valence-corrected chi connectivity index (χ1v) is 8.19. The van der Waals surface area contributed by atoms with E-state index in [0.29, 0.717) is 6.42 Å². The molecule has 0 bridgehead atoms. The maximum absolute atomic E-state index is 11.6. The molecule has 20 heavy (non-hydrogen) atoms. The van der Waals surface area contributed by atoms with Gasteiger partial charge >= 0.3 is 0 Å². The van der Waals surface area contributed by atoms with E-state index in [9.17, 15) is 9.59 Å². The predicted octanol–water partition coefficient (Wildman–Crippen LogP) is 2.77. The van der Waals surface area contributed by atoms with Crippen molar-refractivity contribution in [1.82, 2.24) is 10.6 Å². The van der Waals surface area contributed by atoms with Gasteiger partial charge in [-0.2, -0.15) is 0 Å². The van der Waals surface area contributed by atoms with E-state index in [1.165, 1.54) is 39.0 Å². The van der Waals surface area contributed by atoms with Gasteiger partial charge in [0.15, 0.2) is 0 Å². The molecule has 0 heterocycles. The van der Waals surface area contributed by atoms with Crippen LogP contribution in [0.25, 0.3) is 0 Å². The topological polar surface area (TPSA) is 58.2 Å². The molecule has 1 saturated carbocycles. The first-order chi connectivity index (χ1) is 9.68. The van der Waals surface area contributed by atoms with Gasteiger partial charge in [-0.15, -0.1) is 0 Å². The van der Waals surface area contributed by atoms with E-state index in [1.54, 1.807) is 0 Å². The van der Waals surface area contributed by atoms with Crippen LogP contribution in [0.4, 0.5) is 0 Å². The Morgan fingerprint density at radius 2 is 1.65 bits per heavy atom. The number of amides is 2. The average Bonchev–Trinajstić information content (AvgIpc) is 2.91. The zero-order valence-corrected chi connectivity index (χ0v) is 12.9. The average molecular weight is 282 g/mol. The van der Waals surface area contributed by atoms with Gasteiger partial charge in [-0.25, -0.2) is 0 Å². The number of carbonyl (C=O) groups is 2. The minimum atomic E-state index is 0.0185. The van der Waals surface area contributed by atoms with Gasteiger partial charge in [0.1, 0.15) is 0 Å². The van der Waals surface area contributed by atoms with Crippen molar-refractivity contribution in [3.05, 3.63) is 0 Å². The van der Waals surface area contributed by atoms with Crippen LogP contribution < -0.4 is 10.6 Å². The minimum absolute atomic E-state index is 0.0185. The molecule has 0 radical (unpaired) electrons. The third-order valence-corrected chi connectivity index (χ3v) is 4.04. The first-order valence-electron chi connectivity index (χ1n) is 8.19. The van der Waals surface area contributed by atoms with Crippen molar-refractivity contribution in [2.24, 2.45) is 5.92 Å². The zero-order valence-electron chi connectivity index (χ0n) is 12.9. The summed E-state index contributed by atoms with van der Waals surface area (Å²) in [5.41, 5.74) is 0. The van der Waals surface area contributed by atoms with Gasteiger partial charge < -0.3 is 10.6 Å². The predicted molar refractivity (Wildman–Crippen MR) is 81.4 cm³/mol. The lowest BCUT2D eigenvalue weighted by atomic mass is 10.0. The number of unbranched alkanes of at least 4 members (excludes halogenated alkanes) is 2. The highest BCUT2D eigenvalue weighted by Gasteiger charge is 2.14. The molecule has 0 aromatic rings. The highest BCUT2D eigenvalue weighted by atomic mass is 16.2. The van der Waals surface area contributed by atoms with E-state index < -0.39 is 0 Å². The van der Waals surface area contributed by atoms with Gasteiger partial charge in [-0.05, 0) is 31.6 Å². The summed E-state index contributed by atoms with van der Waals surface area (Å²) < 4.78 is 0. The quantitative estimate of drug-likeness (QED) is 0.605. The Morgan fingerprint density at radius 1 is 0.950 bits per heavy atom. The van der Waals surface area contributed by atoms with E-state index in [-0.39, 0.29) is 11.8 Å². The van der Waals surface area contributed by atoms with Crippen LogP contribution in [0.2, 0.25) is 0 Å². The fraction of sp³-hybridized carbons (Fsp3) is 0.875. The third kappa shape index (κ3) is 8.94. The molecular weight excluding hydrogens is 252 g/mol. The van der Waals surface area contributed by atoms with Crippen LogP contribution in [-0.2, 0) is 9.59 Å².